The first-order valence-corrected chi connectivity index (χ1v) is 7.31. The summed E-state index contributed by atoms with van der Waals surface area (Å²) in [5, 5.41) is 0. The fourth-order valence-corrected chi connectivity index (χ4v) is 2.67. The van der Waals surface area contributed by atoms with Crippen LogP contribution in [0.1, 0.15) is 30.8 Å². The molecule has 1 aliphatic carbocycles. The lowest BCUT2D eigenvalue weighted by molar-refractivity contribution is -0.137. The molecule has 0 spiro atoms. The highest BCUT2D eigenvalue weighted by atomic mass is 16.3. The zero-order valence-corrected chi connectivity index (χ0v) is 11.9. The maximum atomic E-state index is 12.8. The van der Waals surface area contributed by atoms with Crippen molar-refractivity contribution in [1.29, 1.82) is 0 Å². The van der Waals surface area contributed by atoms with Gasteiger partial charge in [-0.1, -0.05) is 12.2 Å². The van der Waals surface area contributed by atoms with Crippen LogP contribution in [0, 0.1) is 5.92 Å². The third kappa shape index (κ3) is 3.45. The first-order valence-electron chi connectivity index (χ1n) is 7.31. The van der Waals surface area contributed by atoms with E-state index in [1.165, 1.54) is 0 Å². The van der Waals surface area contributed by atoms with Gasteiger partial charge in [0.05, 0.1) is 25.6 Å². The summed E-state index contributed by atoms with van der Waals surface area (Å²) in [6, 6.07) is 7.47. The first kappa shape index (κ1) is 13.7. The van der Waals surface area contributed by atoms with Gasteiger partial charge < -0.3 is 13.7 Å². The second kappa shape index (κ2) is 6.48. The molecule has 0 N–H and O–H groups in total. The van der Waals surface area contributed by atoms with Gasteiger partial charge >= 0.3 is 0 Å². The van der Waals surface area contributed by atoms with Crippen molar-refractivity contribution < 1.29 is 13.6 Å². The van der Waals surface area contributed by atoms with Crippen molar-refractivity contribution >= 4 is 5.91 Å². The van der Waals surface area contributed by atoms with Gasteiger partial charge in [-0.05, 0) is 43.5 Å². The summed E-state index contributed by atoms with van der Waals surface area (Å²) in [5.74, 6) is 1.83. The molecule has 2 aromatic heterocycles. The monoisotopic (exact) mass is 285 g/mol. The Morgan fingerprint density at radius 1 is 1.10 bits per heavy atom. The standard InChI is InChI=1S/C17H19NO3/c19-17(14-6-2-1-3-7-14)18(12-15-8-4-10-20-15)13-16-9-5-11-21-16/h1-2,4-5,8-11,14H,3,6-7,12-13H2. The Morgan fingerprint density at radius 2 is 1.76 bits per heavy atom. The Morgan fingerprint density at radius 3 is 2.24 bits per heavy atom. The van der Waals surface area contributed by atoms with Crippen LogP contribution in [0.2, 0.25) is 0 Å². The van der Waals surface area contributed by atoms with Crippen molar-refractivity contribution in [3.63, 3.8) is 0 Å². The highest BCUT2D eigenvalue weighted by molar-refractivity contribution is 5.79. The Bertz CT molecular complexity index is 547. The minimum Gasteiger partial charge on any atom is -0.467 e. The lowest BCUT2D eigenvalue weighted by Crippen LogP contribution is -2.35. The molecule has 1 aliphatic rings. The van der Waals surface area contributed by atoms with Crippen LogP contribution in [0.4, 0.5) is 0 Å². The van der Waals surface area contributed by atoms with Gasteiger partial charge in [-0.2, -0.15) is 0 Å². The smallest absolute Gasteiger partial charge is 0.226 e. The molecule has 2 heterocycles. The Balaban J connectivity index is 1.73. The van der Waals surface area contributed by atoms with Gasteiger partial charge in [-0.3, -0.25) is 4.79 Å². The van der Waals surface area contributed by atoms with Gasteiger partial charge in [-0.25, -0.2) is 0 Å². The molecule has 0 fully saturated rings. The van der Waals surface area contributed by atoms with E-state index in [0.717, 1.165) is 30.8 Å². The molecular weight excluding hydrogens is 266 g/mol. The first-order chi connectivity index (χ1) is 10.3. The SMILES string of the molecule is O=C(C1CC=CCC1)N(Cc1ccco1)Cc1ccco1. The van der Waals surface area contributed by atoms with Crippen LogP contribution in [-0.4, -0.2) is 10.8 Å². The Kier molecular flexibility index (Phi) is 4.24. The molecule has 1 atom stereocenters. The summed E-state index contributed by atoms with van der Waals surface area (Å²) < 4.78 is 10.8. The third-order valence-corrected chi connectivity index (χ3v) is 3.78. The van der Waals surface area contributed by atoms with Gasteiger partial charge in [0.15, 0.2) is 0 Å². The van der Waals surface area contributed by atoms with E-state index in [0.29, 0.717) is 13.1 Å². The third-order valence-electron chi connectivity index (χ3n) is 3.78. The van der Waals surface area contributed by atoms with Crippen LogP contribution >= 0.6 is 0 Å². The fraction of sp³-hybridized carbons (Fsp3) is 0.353. The summed E-state index contributed by atoms with van der Waals surface area (Å²) in [4.78, 5) is 14.6. The number of carbonyl (C=O) groups excluding carboxylic acids is 1. The number of hydrogen-bond acceptors (Lipinski definition) is 3. The minimum atomic E-state index is 0.0694. The van der Waals surface area contributed by atoms with Crippen LogP contribution in [0.5, 0.6) is 0 Å². The van der Waals surface area contributed by atoms with Crippen molar-refractivity contribution in [3.05, 3.63) is 60.5 Å². The Hall–Kier alpha value is -2.23. The largest absolute Gasteiger partial charge is 0.467 e. The molecule has 4 heteroatoms. The van der Waals surface area contributed by atoms with E-state index >= 15 is 0 Å². The fourth-order valence-electron chi connectivity index (χ4n) is 2.67. The van der Waals surface area contributed by atoms with Crippen LogP contribution in [0.15, 0.2) is 57.8 Å². The van der Waals surface area contributed by atoms with Crippen molar-refractivity contribution in [1.82, 2.24) is 4.90 Å². The minimum absolute atomic E-state index is 0.0694. The van der Waals surface area contributed by atoms with Gasteiger partial charge in [0.1, 0.15) is 11.5 Å². The molecule has 1 amide bonds. The second-order valence-electron chi connectivity index (χ2n) is 5.33. The Labute approximate surface area is 124 Å². The highest BCUT2D eigenvalue weighted by Gasteiger charge is 2.25. The number of allylic oxidation sites excluding steroid dienone is 2. The van der Waals surface area contributed by atoms with E-state index in [1.54, 1.807) is 12.5 Å². The van der Waals surface area contributed by atoms with Crippen molar-refractivity contribution in [3.8, 4) is 0 Å². The summed E-state index contributed by atoms with van der Waals surface area (Å²) in [6.45, 7) is 0.958. The van der Waals surface area contributed by atoms with Crippen LogP contribution < -0.4 is 0 Å². The quantitative estimate of drug-likeness (QED) is 0.786. The molecule has 0 aliphatic heterocycles. The predicted octanol–water partition coefficient (Wildman–Crippen LogP) is 3.76. The van der Waals surface area contributed by atoms with Crippen LogP contribution in [0.3, 0.4) is 0 Å². The van der Waals surface area contributed by atoms with Gasteiger partial charge in [0.2, 0.25) is 5.91 Å². The maximum Gasteiger partial charge on any atom is 0.226 e. The van der Waals surface area contributed by atoms with E-state index in [1.807, 2.05) is 29.2 Å². The molecule has 0 bridgehead atoms. The molecule has 110 valence electrons. The van der Waals surface area contributed by atoms with Gasteiger partial charge in [-0.15, -0.1) is 0 Å². The summed E-state index contributed by atoms with van der Waals surface area (Å²) in [7, 11) is 0. The lowest BCUT2D eigenvalue weighted by Gasteiger charge is -2.26. The molecule has 3 rings (SSSR count). The molecule has 1 unspecified atom stereocenters. The van der Waals surface area contributed by atoms with Crippen LogP contribution in [-0.2, 0) is 17.9 Å². The summed E-state index contributed by atoms with van der Waals surface area (Å²) in [5.41, 5.74) is 0. The van der Waals surface area contributed by atoms with Gasteiger partial charge in [0, 0.05) is 5.92 Å². The maximum absolute atomic E-state index is 12.8. The number of hydrogen-bond donors (Lipinski definition) is 0. The van der Waals surface area contributed by atoms with Crippen molar-refractivity contribution in [2.45, 2.75) is 32.4 Å². The number of carbonyl (C=O) groups is 1. The number of nitrogens with zero attached hydrogens (tertiary/aromatic N) is 1. The average Bonchev–Trinajstić information content (AvgIpc) is 3.20. The molecule has 4 nitrogen and oxygen atoms in total. The van der Waals surface area contributed by atoms with E-state index < -0.39 is 0 Å². The molecule has 21 heavy (non-hydrogen) atoms. The van der Waals surface area contributed by atoms with E-state index in [4.69, 9.17) is 8.83 Å². The normalized spacial score (nSPS) is 17.8. The molecule has 0 saturated heterocycles. The van der Waals surface area contributed by atoms with Gasteiger partial charge in [0.25, 0.3) is 0 Å². The zero-order valence-electron chi connectivity index (χ0n) is 11.9. The van der Waals surface area contributed by atoms with E-state index in [9.17, 15) is 4.79 Å². The van der Waals surface area contributed by atoms with Crippen LogP contribution in [0.25, 0.3) is 0 Å². The molecule has 0 saturated carbocycles. The van der Waals surface area contributed by atoms with E-state index in [-0.39, 0.29) is 11.8 Å². The summed E-state index contributed by atoms with van der Waals surface area (Å²) >= 11 is 0. The predicted molar refractivity (Wildman–Crippen MR) is 78.2 cm³/mol. The molecular formula is C17H19NO3. The molecule has 0 radical (unpaired) electrons. The van der Waals surface area contributed by atoms with E-state index in [2.05, 4.69) is 12.2 Å². The summed E-state index contributed by atoms with van der Waals surface area (Å²) in [6.07, 6.45) is 10.2. The zero-order chi connectivity index (χ0) is 14.5. The lowest BCUT2D eigenvalue weighted by atomic mass is 9.93. The number of furan rings is 2. The molecule has 0 aromatic carbocycles. The van der Waals surface area contributed by atoms with Crippen molar-refractivity contribution in [2.24, 2.45) is 5.92 Å². The van der Waals surface area contributed by atoms with Crippen molar-refractivity contribution in [2.75, 3.05) is 0 Å². The average molecular weight is 285 g/mol. The highest BCUT2D eigenvalue weighted by Crippen LogP contribution is 2.23. The number of amides is 1. The second-order valence-corrected chi connectivity index (χ2v) is 5.33. The number of rotatable bonds is 5. The molecule has 2 aromatic rings. The topological polar surface area (TPSA) is 46.6 Å².